The van der Waals surface area contributed by atoms with Crippen molar-refractivity contribution in [2.75, 3.05) is 13.2 Å². The van der Waals surface area contributed by atoms with Crippen LogP contribution in [0, 0.1) is 0 Å². The third kappa shape index (κ3) is 3.64. The lowest BCUT2D eigenvalue weighted by atomic mass is 10.1. The van der Waals surface area contributed by atoms with Crippen LogP contribution >= 0.6 is 0 Å². The van der Waals surface area contributed by atoms with Gasteiger partial charge in [-0.1, -0.05) is 12.1 Å². The van der Waals surface area contributed by atoms with E-state index >= 15 is 0 Å². The fraction of sp³-hybridized carbons (Fsp3) is 0.222. The van der Waals surface area contributed by atoms with Crippen molar-refractivity contribution in [3.05, 3.63) is 69.2 Å². The van der Waals surface area contributed by atoms with Gasteiger partial charge in [0.25, 0.3) is 11.5 Å². The monoisotopic (exact) mass is 355 g/mol. The number of aromatic nitrogens is 2. The van der Waals surface area contributed by atoms with Gasteiger partial charge in [-0.3, -0.25) is 14.2 Å². The van der Waals surface area contributed by atoms with E-state index < -0.39 is 11.5 Å². The van der Waals surface area contributed by atoms with Crippen LogP contribution in [0.4, 0.5) is 0 Å². The van der Waals surface area contributed by atoms with Crippen LogP contribution in [0.1, 0.15) is 17.3 Å². The second kappa shape index (κ2) is 7.64. The highest BCUT2D eigenvalue weighted by atomic mass is 16.5. The van der Waals surface area contributed by atoms with E-state index in [-0.39, 0.29) is 24.2 Å². The maximum Gasteiger partial charge on any atom is 0.349 e. The van der Waals surface area contributed by atoms with Crippen LogP contribution in [0.5, 0.6) is 5.75 Å². The number of fused-ring (bicyclic) bond motifs is 1. The average Bonchev–Trinajstić information content (AvgIpc) is 2.63. The Morgan fingerprint density at radius 2 is 2.15 bits per heavy atom. The van der Waals surface area contributed by atoms with Gasteiger partial charge in [0.05, 0.1) is 12.9 Å². The van der Waals surface area contributed by atoms with Crippen LogP contribution in [0.2, 0.25) is 0 Å². The molecule has 2 heterocycles. The van der Waals surface area contributed by atoms with Crippen LogP contribution in [-0.4, -0.2) is 28.6 Å². The molecule has 3 rings (SSSR count). The Labute approximate surface area is 148 Å². The molecule has 0 aliphatic carbocycles. The first kappa shape index (κ1) is 17.4. The van der Waals surface area contributed by atoms with Crippen LogP contribution in [0.3, 0.4) is 0 Å². The Kier molecular flexibility index (Phi) is 5.12. The first-order chi connectivity index (χ1) is 12.6. The molecule has 0 radical (unpaired) electrons. The summed E-state index contributed by atoms with van der Waals surface area (Å²) in [6, 6.07) is 7.97. The molecule has 3 aromatic rings. The average molecular weight is 355 g/mol. The van der Waals surface area contributed by atoms with Crippen molar-refractivity contribution < 1.29 is 13.9 Å². The summed E-state index contributed by atoms with van der Waals surface area (Å²) in [5.74, 6) is -0.121. The fourth-order valence-corrected chi connectivity index (χ4v) is 2.48. The number of ether oxygens (including phenoxy) is 1. The van der Waals surface area contributed by atoms with Crippen LogP contribution in [0.25, 0.3) is 11.0 Å². The van der Waals surface area contributed by atoms with Crippen molar-refractivity contribution >= 4 is 16.9 Å². The molecular formula is C18H17N3O5. The van der Waals surface area contributed by atoms with Gasteiger partial charge >= 0.3 is 5.63 Å². The van der Waals surface area contributed by atoms with Crippen molar-refractivity contribution in [3.63, 3.8) is 0 Å². The minimum absolute atomic E-state index is 0.107. The lowest BCUT2D eigenvalue weighted by Gasteiger charge is -2.08. The van der Waals surface area contributed by atoms with E-state index in [0.717, 1.165) is 0 Å². The number of rotatable bonds is 6. The molecule has 1 amide bonds. The number of hydrogen-bond donors (Lipinski definition) is 1. The summed E-state index contributed by atoms with van der Waals surface area (Å²) in [6.07, 6.45) is 2.78. The Hall–Kier alpha value is -3.42. The van der Waals surface area contributed by atoms with Gasteiger partial charge in [-0.05, 0) is 19.1 Å². The highest BCUT2D eigenvalue weighted by molar-refractivity contribution is 5.97. The molecule has 0 bridgehead atoms. The topological polar surface area (TPSA) is 103 Å². The number of carbonyl (C=O) groups is 1. The molecule has 0 aliphatic heterocycles. The molecule has 1 N–H and O–H groups in total. The molecular weight excluding hydrogens is 338 g/mol. The normalized spacial score (nSPS) is 10.7. The molecule has 8 heteroatoms. The Bertz CT molecular complexity index is 1050. The van der Waals surface area contributed by atoms with Crippen molar-refractivity contribution in [3.8, 4) is 5.75 Å². The van der Waals surface area contributed by atoms with Crippen molar-refractivity contribution in [2.45, 2.75) is 13.5 Å². The number of para-hydroxylation sites is 1. The summed E-state index contributed by atoms with van der Waals surface area (Å²) in [7, 11) is 0. The third-order valence-electron chi connectivity index (χ3n) is 3.70. The van der Waals surface area contributed by atoms with E-state index in [2.05, 4.69) is 10.3 Å². The predicted molar refractivity (Wildman–Crippen MR) is 94.5 cm³/mol. The lowest BCUT2D eigenvalue weighted by molar-refractivity contribution is 0.0948. The Morgan fingerprint density at radius 3 is 2.92 bits per heavy atom. The molecule has 0 fully saturated rings. The first-order valence-electron chi connectivity index (χ1n) is 8.08. The van der Waals surface area contributed by atoms with E-state index in [1.54, 1.807) is 18.2 Å². The van der Waals surface area contributed by atoms with Crippen molar-refractivity contribution in [1.82, 2.24) is 14.9 Å². The smallest absolute Gasteiger partial charge is 0.349 e. The second-order valence-corrected chi connectivity index (χ2v) is 5.42. The number of amides is 1. The summed E-state index contributed by atoms with van der Waals surface area (Å²) < 4.78 is 12.1. The molecule has 0 aliphatic rings. The Balaban J connectivity index is 1.78. The van der Waals surface area contributed by atoms with E-state index in [1.165, 1.54) is 29.2 Å². The van der Waals surface area contributed by atoms with Gasteiger partial charge in [-0.15, -0.1) is 0 Å². The molecule has 0 saturated carbocycles. The zero-order chi connectivity index (χ0) is 18.5. The summed E-state index contributed by atoms with van der Waals surface area (Å²) in [5.41, 5.74) is -0.772. The van der Waals surface area contributed by atoms with Crippen LogP contribution in [-0.2, 0) is 6.54 Å². The molecule has 0 unspecified atom stereocenters. The van der Waals surface area contributed by atoms with Gasteiger partial charge in [0, 0.05) is 30.7 Å². The third-order valence-corrected chi connectivity index (χ3v) is 3.70. The molecule has 2 aromatic heterocycles. The molecule has 0 atom stereocenters. The van der Waals surface area contributed by atoms with Gasteiger partial charge < -0.3 is 14.5 Å². The highest BCUT2D eigenvalue weighted by Crippen LogP contribution is 2.24. The fourth-order valence-electron chi connectivity index (χ4n) is 2.48. The maximum atomic E-state index is 12.3. The lowest BCUT2D eigenvalue weighted by Crippen LogP contribution is -2.33. The van der Waals surface area contributed by atoms with E-state index in [1.807, 2.05) is 6.92 Å². The van der Waals surface area contributed by atoms with Crippen LogP contribution < -0.4 is 21.2 Å². The van der Waals surface area contributed by atoms with Crippen LogP contribution in [0.15, 0.2) is 56.9 Å². The number of carbonyl (C=O) groups excluding carboxylic acids is 1. The zero-order valence-electron chi connectivity index (χ0n) is 14.1. The minimum atomic E-state index is -0.749. The molecule has 26 heavy (non-hydrogen) atoms. The second-order valence-electron chi connectivity index (χ2n) is 5.42. The van der Waals surface area contributed by atoms with Crippen molar-refractivity contribution in [1.29, 1.82) is 0 Å². The van der Waals surface area contributed by atoms with Gasteiger partial charge in [0.2, 0.25) is 0 Å². The first-order valence-corrected chi connectivity index (χ1v) is 8.08. The van der Waals surface area contributed by atoms with E-state index in [0.29, 0.717) is 23.3 Å². The quantitative estimate of drug-likeness (QED) is 0.666. The summed E-state index contributed by atoms with van der Waals surface area (Å²) >= 11 is 0. The molecule has 8 nitrogen and oxygen atoms in total. The predicted octanol–water partition coefficient (Wildman–Crippen LogP) is 1.18. The standard InChI is InChI=1S/C18H17N3O5/c1-2-25-14-5-3-4-12-10-13(18(24)26-16(12)14)17(23)20-8-9-21-11-19-7-6-15(21)22/h3-7,10-11H,2,8-9H2,1H3,(H,20,23). The number of benzene rings is 1. The summed E-state index contributed by atoms with van der Waals surface area (Å²) in [6.45, 7) is 2.66. The maximum absolute atomic E-state index is 12.3. The molecule has 0 saturated heterocycles. The van der Waals surface area contributed by atoms with E-state index in [9.17, 15) is 14.4 Å². The van der Waals surface area contributed by atoms with Gasteiger partial charge in [0.1, 0.15) is 5.56 Å². The van der Waals surface area contributed by atoms with E-state index in [4.69, 9.17) is 9.15 Å². The number of nitrogens with zero attached hydrogens (tertiary/aromatic N) is 2. The summed E-state index contributed by atoms with van der Waals surface area (Å²) in [4.78, 5) is 39.9. The van der Waals surface area contributed by atoms with Gasteiger partial charge in [0.15, 0.2) is 11.3 Å². The molecule has 1 aromatic carbocycles. The Morgan fingerprint density at radius 1 is 1.31 bits per heavy atom. The number of hydrogen-bond acceptors (Lipinski definition) is 6. The number of nitrogens with one attached hydrogen (secondary N) is 1. The molecule has 0 spiro atoms. The van der Waals surface area contributed by atoms with Gasteiger partial charge in [-0.2, -0.15) is 0 Å². The summed E-state index contributed by atoms with van der Waals surface area (Å²) in [5, 5.41) is 3.19. The van der Waals surface area contributed by atoms with Crippen molar-refractivity contribution in [2.24, 2.45) is 0 Å². The zero-order valence-corrected chi connectivity index (χ0v) is 14.1. The SMILES string of the molecule is CCOc1cccc2cc(C(=O)NCCn3cnccc3=O)c(=O)oc12. The van der Waals surface area contributed by atoms with Gasteiger partial charge in [-0.25, -0.2) is 9.78 Å². The minimum Gasteiger partial charge on any atom is -0.490 e. The largest absolute Gasteiger partial charge is 0.490 e. The molecule has 134 valence electrons. The highest BCUT2D eigenvalue weighted by Gasteiger charge is 2.15.